The Bertz CT molecular complexity index is 682. The van der Waals surface area contributed by atoms with Crippen molar-refractivity contribution >= 4 is 5.96 Å². The smallest absolute Gasteiger partial charge is 0.191 e. The summed E-state index contributed by atoms with van der Waals surface area (Å²) in [5.41, 5.74) is 3.73. The second-order valence-corrected chi connectivity index (χ2v) is 6.70. The van der Waals surface area contributed by atoms with Crippen molar-refractivity contribution in [1.82, 2.24) is 20.5 Å². The van der Waals surface area contributed by atoms with Gasteiger partial charge in [0, 0.05) is 51.0 Å². The van der Waals surface area contributed by atoms with Crippen LogP contribution >= 0.6 is 0 Å². The highest BCUT2D eigenvalue weighted by Crippen LogP contribution is 2.12. The predicted molar refractivity (Wildman–Crippen MR) is 109 cm³/mol. The Morgan fingerprint density at radius 1 is 1.08 bits per heavy atom. The number of nitrogens with zero attached hydrogens (tertiary/aromatic N) is 3. The first-order chi connectivity index (χ1) is 12.6. The second kappa shape index (κ2) is 10.6. The fourth-order valence-electron chi connectivity index (χ4n) is 2.59. The summed E-state index contributed by atoms with van der Waals surface area (Å²) < 4.78 is 0. The van der Waals surface area contributed by atoms with Gasteiger partial charge in [0.15, 0.2) is 5.96 Å². The molecule has 1 aromatic heterocycles. The Balaban J connectivity index is 1.86. The molecular weight excluding hydrogens is 322 g/mol. The minimum Gasteiger partial charge on any atom is -0.356 e. The van der Waals surface area contributed by atoms with Crippen molar-refractivity contribution in [1.29, 1.82) is 0 Å². The van der Waals surface area contributed by atoms with E-state index in [1.165, 1.54) is 11.1 Å². The number of hydrogen-bond acceptors (Lipinski definition) is 3. The number of rotatable bonds is 8. The van der Waals surface area contributed by atoms with Gasteiger partial charge < -0.3 is 10.6 Å². The molecule has 0 saturated heterocycles. The minimum absolute atomic E-state index is 0.525. The third-order valence-electron chi connectivity index (χ3n) is 4.49. The van der Waals surface area contributed by atoms with Gasteiger partial charge in [-0.05, 0) is 44.2 Å². The van der Waals surface area contributed by atoms with E-state index in [2.05, 4.69) is 70.7 Å². The molecule has 5 nitrogen and oxygen atoms in total. The standard InChI is InChI=1S/C21H31N5/c1-17(2)26(4)16-19-10-6-5-9-18(19)15-25-21(22-3)24-14-12-20-11-7-8-13-23-20/h5-11,13,17H,12,14-16H2,1-4H3,(H2,22,24,25). The summed E-state index contributed by atoms with van der Waals surface area (Å²) in [6.45, 7) is 6.93. The van der Waals surface area contributed by atoms with E-state index < -0.39 is 0 Å². The predicted octanol–water partition coefficient (Wildman–Crippen LogP) is 2.83. The Hall–Kier alpha value is -2.40. The molecule has 0 unspecified atom stereocenters. The summed E-state index contributed by atoms with van der Waals surface area (Å²) in [4.78, 5) is 11.0. The van der Waals surface area contributed by atoms with E-state index in [-0.39, 0.29) is 0 Å². The van der Waals surface area contributed by atoms with Gasteiger partial charge in [0.1, 0.15) is 0 Å². The lowest BCUT2D eigenvalue weighted by atomic mass is 10.1. The normalized spacial score (nSPS) is 11.8. The molecule has 0 aliphatic heterocycles. The number of hydrogen-bond donors (Lipinski definition) is 2. The summed E-state index contributed by atoms with van der Waals surface area (Å²) in [5, 5.41) is 6.77. The zero-order valence-electron chi connectivity index (χ0n) is 16.4. The number of nitrogens with one attached hydrogen (secondary N) is 2. The maximum absolute atomic E-state index is 4.34. The summed E-state index contributed by atoms with van der Waals surface area (Å²) in [5.74, 6) is 0.813. The highest BCUT2D eigenvalue weighted by molar-refractivity contribution is 5.79. The second-order valence-electron chi connectivity index (χ2n) is 6.70. The molecule has 0 radical (unpaired) electrons. The quantitative estimate of drug-likeness (QED) is 0.566. The minimum atomic E-state index is 0.525. The van der Waals surface area contributed by atoms with Gasteiger partial charge in [-0.2, -0.15) is 0 Å². The number of benzene rings is 1. The maximum Gasteiger partial charge on any atom is 0.191 e. The lowest BCUT2D eigenvalue weighted by Gasteiger charge is -2.23. The average Bonchev–Trinajstić information content (AvgIpc) is 2.66. The van der Waals surface area contributed by atoms with E-state index in [9.17, 15) is 0 Å². The van der Waals surface area contributed by atoms with Crippen molar-refractivity contribution in [2.75, 3.05) is 20.6 Å². The van der Waals surface area contributed by atoms with Crippen molar-refractivity contribution in [2.45, 2.75) is 39.4 Å². The first kappa shape index (κ1) is 19.9. The highest BCUT2D eigenvalue weighted by atomic mass is 15.2. The van der Waals surface area contributed by atoms with Crippen LogP contribution in [0.1, 0.15) is 30.7 Å². The highest BCUT2D eigenvalue weighted by Gasteiger charge is 2.08. The summed E-state index contributed by atoms with van der Waals surface area (Å²) in [6, 6.07) is 15.1. The molecule has 0 aliphatic carbocycles. The molecule has 1 aromatic carbocycles. The van der Waals surface area contributed by atoms with Crippen molar-refractivity contribution in [3.8, 4) is 0 Å². The molecule has 0 amide bonds. The maximum atomic E-state index is 4.34. The van der Waals surface area contributed by atoms with Crippen LogP contribution in [0.2, 0.25) is 0 Å². The van der Waals surface area contributed by atoms with Crippen LogP contribution in [-0.2, 0) is 19.5 Å². The van der Waals surface area contributed by atoms with Gasteiger partial charge in [-0.1, -0.05) is 30.3 Å². The molecule has 0 spiro atoms. The van der Waals surface area contributed by atoms with Gasteiger partial charge in [-0.25, -0.2) is 0 Å². The largest absolute Gasteiger partial charge is 0.356 e. The lowest BCUT2D eigenvalue weighted by molar-refractivity contribution is 0.265. The van der Waals surface area contributed by atoms with Crippen LogP contribution in [0.3, 0.4) is 0 Å². The number of aliphatic imine (C=N–C) groups is 1. The van der Waals surface area contributed by atoms with Crippen LogP contribution < -0.4 is 10.6 Å². The van der Waals surface area contributed by atoms with E-state index in [1.807, 2.05) is 24.4 Å². The lowest BCUT2D eigenvalue weighted by Crippen LogP contribution is -2.38. The first-order valence-electron chi connectivity index (χ1n) is 9.21. The molecule has 0 bridgehead atoms. The van der Waals surface area contributed by atoms with E-state index in [0.29, 0.717) is 6.04 Å². The average molecular weight is 354 g/mol. The van der Waals surface area contributed by atoms with Crippen molar-refractivity contribution < 1.29 is 0 Å². The van der Waals surface area contributed by atoms with Crippen LogP contribution in [0, 0.1) is 0 Å². The fraction of sp³-hybridized carbons (Fsp3) is 0.429. The van der Waals surface area contributed by atoms with E-state index in [4.69, 9.17) is 0 Å². The number of guanidine groups is 1. The van der Waals surface area contributed by atoms with Gasteiger partial charge in [0.2, 0.25) is 0 Å². The van der Waals surface area contributed by atoms with Crippen LogP contribution in [0.25, 0.3) is 0 Å². The summed E-state index contributed by atoms with van der Waals surface area (Å²) in [6.07, 6.45) is 2.70. The van der Waals surface area contributed by atoms with Gasteiger partial charge in [0.25, 0.3) is 0 Å². The molecule has 2 rings (SSSR count). The summed E-state index contributed by atoms with van der Waals surface area (Å²) >= 11 is 0. The number of pyridine rings is 1. The van der Waals surface area contributed by atoms with E-state index in [0.717, 1.165) is 37.7 Å². The SMILES string of the molecule is CN=C(NCCc1ccccn1)NCc1ccccc1CN(C)C(C)C. The van der Waals surface area contributed by atoms with Crippen LogP contribution in [0.4, 0.5) is 0 Å². The molecule has 0 aliphatic rings. The molecule has 2 N–H and O–H groups in total. The Morgan fingerprint density at radius 3 is 2.46 bits per heavy atom. The molecule has 1 heterocycles. The topological polar surface area (TPSA) is 52.6 Å². The molecule has 0 saturated carbocycles. The summed E-state index contributed by atoms with van der Waals surface area (Å²) in [7, 11) is 3.96. The molecule has 0 atom stereocenters. The van der Waals surface area contributed by atoms with E-state index in [1.54, 1.807) is 7.05 Å². The van der Waals surface area contributed by atoms with Crippen molar-refractivity contribution in [2.24, 2.45) is 4.99 Å². The third kappa shape index (κ3) is 6.48. The Morgan fingerprint density at radius 2 is 1.81 bits per heavy atom. The fourth-order valence-corrected chi connectivity index (χ4v) is 2.59. The van der Waals surface area contributed by atoms with Gasteiger partial charge in [0.05, 0.1) is 0 Å². The van der Waals surface area contributed by atoms with Crippen molar-refractivity contribution in [3.63, 3.8) is 0 Å². The number of aromatic nitrogens is 1. The zero-order chi connectivity index (χ0) is 18.8. The monoisotopic (exact) mass is 353 g/mol. The van der Waals surface area contributed by atoms with Gasteiger partial charge in [-0.3, -0.25) is 14.9 Å². The molecule has 5 heteroatoms. The Labute approximate surface area is 157 Å². The van der Waals surface area contributed by atoms with Crippen LogP contribution in [0.15, 0.2) is 53.7 Å². The molecule has 140 valence electrons. The van der Waals surface area contributed by atoms with Crippen molar-refractivity contribution in [3.05, 3.63) is 65.5 Å². The molecule has 26 heavy (non-hydrogen) atoms. The molecule has 2 aromatic rings. The first-order valence-corrected chi connectivity index (χ1v) is 9.21. The Kier molecular flexibility index (Phi) is 8.09. The van der Waals surface area contributed by atoms with Gasteiger partial charge in [-0.15, -0.1) is 0 Å². The molecular formula is C21H31N5. The van der Waals surface area contributed by atoms with Crippen LogP contribution in [0.5, 0.6) is 0 Å². The van der Waals surface area contributed by atoms with Crippen LogP contribution in [-0.4, -0.2) is 42.5 Å². The van der Waals surface area contributed by atoms with E-state index >= 15 is 0 Å². The van der Waals surface area contributed by atoms with Gasteiger partial charge >= 0.3 is 0 Å². The molecule has 0 fully saturated rings. The third-order valence-corrected chi connectivity index (χ3v) is 4.49. The zero-order valence-corrected chi connectivity index (χ0v) is 16.4.